The van der Waals surface area contributed by atoms with E-state index in [-0.39, 0.29) is 23.8 Å². The maximum Gasteiger partial charge on any atom is 0.337 e. The van der Waals surface area contributed by atoms with Crippen LogP contribution >= 0.6 is 0 Å². The van der Waals surface area contributed by atoms with Gasteiger partial charge in [-0.15, -0.1) is 0 Å². The zero-order valence-electron chi connectivity index (χ0n) is 24.3. The second kappa shape index (κ2) is 12.3. The number of rotatable bonds is 8. The second-order valence-electron chi connectivity index (χ2n) is 11.2. The number of carbonyl (C=O) groups is 2. The maximum atomic E-state index is 13.9. The number of esters is 1. The van der Waals surface area contributed by atoms with Crippen LogP contribution in [-0.4, -0.2) is 38.1 Å². The van der Waals surface area contributed by atoms with E-state index in [4.69, 9.17) is 9.47 Å². The molecule has 2 atom stereocenters. The van der Waals surface area contributed by atoms with E-state index in [9.17, 15) is 9.59 Å². The third kappa shape index (κ3) is 5.67. The Morgan fingerprint density at radius 1 is 0.925 bits per heavy atom. The predicted molar refractivity (Wildman–Crippen MR) is 159 cm³/mol. The Labute approximate surface area is 238 Å². The van der Waals surface area contributed by atoms with Gasteiger partial charge in [0.25, 0.3) is 0 Å². The van der Waals surface area contributed by atoms with Crippen molar-refractivity contribution in [2.24, 2.45) is 0 Å². The first-order valence-corrected chi connectivity index (χ1v) is 14.9. The van der Waals surface area contributed by atoms with Gasteiger partial charge >= 0.3 is 5.97 Å². The molecule has 0 saturated heterocycles. The largest absolute Gasteiger partial charge is 0.497 e. The number of Topliss-reactive ketones (excluding diaryl/α,β-unsaturated/α-hetero) is 1. The van der Waals surface area contributed by atoms with Crippen molar-refractivity contribution in [2.45, 2.75) is 83.7 Å². The molecule has 1 fully saturated rings. The molecule has 6 heteroatoms. The maximum absolute atomic E-state index is 13.9. The monoisotopic (exact) mass is 542 g/mol. The van der Waals surface area contributed by atoms with Gasteiger partial charge in [-0.05, 0) is 94.2 Å². The lowest BCUT2D eigenvalue weighted by Gasteiger charge is -2.37. The molecule has 212 valence electrons. The van der Waals surface area contributed by atoms with Gasteiger partial charge < -0.3 is 19.7 Å². The van der Waals surface area contributed by atoms with Crippen LogP contribution in [0.3, 0.4) is 0 Å². The van der Waals surface area contributed by atoms with E-state index in [1.807, 2.05) is 31.2 Å². The van der Waals surface area contributed by atoms with Crippen LogP contribution in [-0.2, 0) is 14.3 Å². The first kappa shape index (κ1) is 28.0. The SMILES string of the molecule is CCN(CC)c1ccc([C@H]2C(C(=O)OC3CCCCC3)=C(C)NC3=C2C(=O)C[C@@H](c2ccc(OC)cc2)C3)cc1. The molecule has 1 heterocycles. The molecule has 2 aliphatic carbocycles. The number of nitrogens with one attached hydrogen (secondary N) is 1. The molecule has 2 aromatic rings. The minimum Gasteiger partial charge on any atom is -0.497 e. The average molecular weight is 543 g/mol. The van der Waals surface area contributed by atoms with E-state index in [0.29, 0.717) is 24.0 Å². The molecule has 0 amide bonds. The van der Waals surface area contributed by atoms with E-state index >= 15 is 0 Å². The Balaban J connectivity index is 1.51. The average Bonchev–Trinajstić information content (AvgIpc) is 2.98. The van der Waals surface area contributed by atoms with E-state index in [1.54, 1.807) is 7.11 Å². The molecular formula is C34H42N2O4. The number of ketones is 1. The van der Waals surface area contributed by atoms with E-state index in [1.165, 1.54) is 6.42 Å². The summed E-state index contributed by atoms with van der Waals surface area (Å²) in [5.74, 6) is 0.213. The number of nitrogens with zero attached hydrogens (tertiary/aromatic N) is 1. The Morgan fingerprint density at radius 2 is 1.57 bits per heavy atom. The lowest BCUT2D eigenvalue weighted by Crippen LogP contribution is -2.37. The lowest BCUT2D eigenvalue weighted by atomic mass is 9.71. The summed E-state index contributed by atoms with van der Waals surface area (Å²) in [6, 6.07) is 16.4. The number of ether oxygens (including phenoxy) is 2. The Kier molecular flexibility index (Phi) is 8.63. The van der Waals surface area contributed by atoms with Crippen LogP contribution in [0, 0.1) is 0 Å². The lowest BCUT2D eigenvalue weighted by molar-refractivity contribution is -0.146. The van der Waals surface area contributed by atoms with Crippen molar-refractivity contribution in [1.29, 1.82) is 0 Å². The molecule has 0 bridgehead atoms. The first-order valence-electron chi connectivity index (χ1n) is 14.9. The number of benzene rings is 2. The summed E-state index contributed by atoms with van der Waals surface area (Å²) in [5, 5.41) is 3.49. The van der Waals surface area contributed by atoms with Crippen LogP contribution in [0.2, 0.25) is 0 Å². The molecule has 0 unspecified atom stereocenters. The summed E-state index contributed by atoms with van der Waals surface area (Å²) in [7, 11) is 1.66. The van der Waals surface area contributed by atoms with Crippen LogP contribution in [0.25, 0.3) is 0 Å². The zero-order chi connectivity index (χ0) is 28.2. The standard InChI is InChI=1S/C34H42N2O4/c1-5-36(6-2)26-16-12-24(13-17-26)32-31(34(38)40-28-10-8-7-9-11-28)22(3)35-29-20-25(21-30(37)33(29)32)23-14-18-27(39-4)19-15-23/h12-19,25,28,32,35H,5-11,20-21H2,1-4H3/t25-,32-/m0/s1. The highest BCUT2D eigenvalue weighted by atomic mass is 16.5. The van der Waals surface area contributed by atoms with Crippen LogP contribution in [0.1, 0.15) is 88.7 Å². The van der Waals surface area contributed by atoms with E-state index in [0.717, 1.165) is 72.7 Å². The Bertz CT molecular complexity index is 1280. The molecule has 1 saturated carbocycles. The predicted octanol–water partition coefficient (Wildman–Crippen LogP) is 6.78. The van der Waals surface area contributed by atoms with Gasteiger partial charge in [0, 0.05) is 48.1 Å². The van der Waals surface area contributed by atoms with Gasteiger partial charge in [-0.25, -0.2) is 4.79 Å². The minimum atomic E-state index is -0.442. The van der Waals surface area contributed by atoms with Gasteiger partial charge in [0.05, 0.1) is 12.7 Å². The van der Waals surface area contributed by atoms with Gasteiger partial charge in [0.2, 0.25) is 0 Å². The summed E-state index contributed by atoms with van der Waals surface area (Å²) < 4.78 is 11.4. The Hall–Kier alpha value is -3.54. The second-order valence-corrected chi connectivity index (χ2v) is 11.2. The van der Waals surface area contributed by atoms with Crippen molar-refractivity contribution >= 4 is 17.4 Å². The van der Waals surface area contributed by atoms with Gasteiger partial charge in [-0.2, -0.15) is 0 Å². The zero-order valence-corrected chi connectivity index (χ0v) is 24.3. The van der Waals surface area contributed by atoms with E-state index in [2.05, 4.69) is 48.3 Å². The highest BCUT2D eigenvalue weighted by molar-refractivity contribution is 6.04. The fraction of sp³-hybridized carbons (Fsp3) is 0.471. The number of hydrogen-bond acceptors (Lipinski definition) is 6. The third-order valence-corrected chi connectivity index (χ3v) is 8.82. The summed E-state index contributed by atoms with van der Waals surface area (Å²) in [6.07, 6.45) is 6.25. The van der Waals surface area contributed by atoms with Gasteiger partial charge in [0.15, 0.2) is 5.78 Å². The van der Waals surface area contributed by atoms with Crippen molar-refractivity contribution in [3.8, 4) is 5.75 Å². The Morgan fingerprint density at radius 3 is 2.20 bits per heavy atom. The van der Waals surface area contributed by atoms with Crippen molar-refractivity contribution < 1.29 is 19.1 Å². The molecule has 0 radical (unpaired) electrons. The molecular weight excluding hydrogens is 500 g/mol. The van der Waals surface area contributed by atoms with Gasteiger partial charge in [0.1, 0.15) is 11.9 Å². The fourth-order valence-electron chi connectivity index (χ4n) is 6.62. The summed E-state index contributed by atoms with van der Waals surface area (Å²) in [5.41, 5.74) is 6.18. The number of carbonyl (C=O) groups excluding carboxylic acids is 2. The molecule has 0 spiro atoms. The quantitative estimate of drug-likeness (QED) is 0.371. The molecule has 1 N–H and O–H groups in total. The highest BCUT2D eigenvalue weighted by Gasteiger charge is 2.42. The van der Waals surface area contributed by atoms with Crippen molar-refractivity contribution in [3.63, 3.8) is 0 Å². The van der Waals surface area contributed by atoms with Crippen molar-refractivity contribution in [2.75, 3.05) is 25.1 Å². The highest BCUT2D eigenvalue weighted by Crippen LogP contribution is 2.46. The fourth-order valence-corrected chi connectivity index (χ4v) is 6.62. The van der Waals surface area contributed by atoms with Crippen LogP contribution < -0.4 is 15.0 Å². The van der Waals surface area contributed by atoms with Gasteiger partial charge in [-0.3, -0.25) is 4.79 Å². The van der Waals surface area contributed by atoms with Crippen LogP contribution in [0.5, 0.6) is 5.75 Å². The van der Waals surface area contributed by atoms with E-state index < -0.39 is 5.92 Å². The third-order valence-electron chi connectivity index (χ3n) is 8.82. The van der Waals surface area contributed by atoms with Crippen LogP contribution in [0.4, 0.5) is 5.69 Å². The molecule has 40 heavy (non-hydrogen) atoms. The number of allylic oxidation sites excluding steroid dienone is 3. The smallest absolute Gasteiger partial charge is 0.337 e. The van der Waals surface area contributed by atoms with Gasteiger partial charge in [-0.1, -0.05) is 30.7 Å². The minimum absolute atomic E-state index is 0.0517. The summed E-state index contributed by atoms with van der Waals surface area (Å²) in [4.78, 5) is 30.0. The summed E-state index contributed by atoms with van der Waals surface area (Å²) >= 11 is 0. The first-order chi connectivity index (χ1) is 19.4. The molecule has 6 nitrogen and oxygen atoms in total. The molecule has 1 aliphatic heterocycles. The molecule has 0 aromatic heterocycles. The molecule has 5 rings (SSSR count). The van der Waals surface area contributed by atoms with Crippen molar-refractivity contribution in [1.82, 2.24) is 5.32 Å². The molecule has 2 aromatic carbocycles. The summed E-state index contributed by atoms with van der Waals surface area (Å²) in [6.45, 7) is 8.07. The normalized spacial score (nSPS) is 21.6. The number of methoxy groups -OCH3 is 1. The number of dihydropyridines is 1. The number of anilines is 1. The number of hydrogen-bond donors (Lipinski definition) is 1. The topological polar surface area (TPSA) is 67.9 Å². The molecule has 3 aliphatic rings. The van der Waals surface area contributed by atoms with Crippen molar-refractivity contribution in [3.05, 3.63) is 82.2 Å². The van der Waals surface area contributed by atoms with Crippen LogP contribution in [0.15, 0.2) is 71.1 Å².